The van der Waals surface area contributed by atoms with E-state index in [1.807, 2.05) is 0 Å². The van der Waals surface area contributed by atoms with Crippen LogP contribution in [-0.4, -0.2) is 46.3 Å². The highest BCUT2D eigenvalue weighted by atomic mass is 16.5. The van der Waals surface area contributed by atoms with Gasteiger partial charge in [-0.3, -0.25) is 15.0 Å². The lowest BCUT2D eigenvalue weighted by Gasteiger charge is -2.20. The number of carboxylic acid groups (broad SMARTS) is 1. The summed E-state index contributed by atoms with van der Waals surface area (Å²) in [6, 6.07) is 12.8. The molecule has 0 atom stereocenters. The first-order valence-corrected chi connectivity index (χ1v) is 9.72. The van der Waals surface area contributed by atoms with Crippen molar-refractivity contribution in [2.45, 2.75) is 25.8 Å². The zero-order valence-corrected chi connectivity index (χ0v) is 17.0. The summed E-state index contributed by atoms with van der Waals surface area (Å²) in [5, 5.41) is 16.4. The minimum Gasteiger partial charge on any atom is -0.480 e. The first-order chi connectivity index (χ1) is 14.7. The van der Waals surface area contributed by atoms with Crippen molar-refractivity contribution in [3.05, 3.63) is 70.8 Å². The number of carboxylic acids is 1. The molecule has 0 aliphatic heterocycles. The molecule has 8 nitrogen and oxygen atoms in total. The molecule has 0 spiro atoms. The number of nitrogens with two attached hydrogens (primary N) is 1. The lowest BCUT2D eigenvalue weighted by molar-refractivity contribution is -0.143. The average molecular weight is 421 g/mol. The molecule has 0 bridgehead atoms. The highest BCUT2D eigenvalue weighted by Crippen LogP contribution is 2.28. The van der Waals surface area contributed by atoms with Gasteiger partial charge in [0.2, 0.25) is 5.91 Å². The summed E-state index contributed by atoms with van der Waals surface area (Å²) < 4.78 is 5.31. The van der Waals surface area contributed by atoms with Gasteiger partial charge in [0.05, 0.1) is 5.56 Å². The fraction of sp³-hybridized carbons (Fsp3) is 0.217. The third-order valence-corrected chi connectivity index (χ3v) is 4.80. The van der Waals surface area contributed by atoms with Crippen LogP contribution in [0.5, 0.6) is 5.75 Å². The molecule has 160 valence electrons. The number of ether oxygens (including phenoxy) is 1. The van der Waals surface area contributed by atoms with E-state index >= 15 is 0 Å². The summed E-state index contributed by atoms with van der Waals surface area (Å²) in [4.78, 5) is 37.4. The van der Waals surface area contributed by atoms with Crippen LogP contribution in [0.15, 0.2) is 54.1 Å². The molecule has 2 aromatic rings. The van der Waals surface area contributed by atoms with Crippen molar-refractivity contribution in [3.8, 4) is 5.75 Å². The Labute approximate surface area is 179 Å². The molecule has 0 heterocycles. The number of hydrogen-bond donors (Lipinski definition) is 3. The summed E-state index contributed by atoms with van der Waals surface area (Å²) in [5.41, 5.74) is 7.40. The molecule has 4 N–H and O–H groups in total. The van der Waals surface area contributed by atoms with Crippen LogP contribution < -0.4 is 10.5 Å². The summed E-state index contributed by atoms with van der Waals surface area (Å²) in [7, 11) is 0. The topological polar surface area (TPSA) is 134 Å². The van der Waals surface area contributed by atoms with Crippen molar-refractivity contribution in [2.24, 2.45) is 5.73 Å². The third-order valence-electron chi connectivity index (χ3n) is 4.80. The second kappa shape index (κ2) is 9.25. The maximum absolute atomic E-state index is 12.6. The van der Waals surface area contributed by atoms with Gasteiger partial charge < -0.3 is 20.5 Å². The molecule has 1 saturated carbocycles. The zero-order chi connectivity index (χ0) is 22.5. The number of rotatable bonds is 8. The van der Waals surface area contributed by atoms with Gasteiger partial charge in [-0.15, -0.1) is 0 Å². The molecular weight excluding hydrogens is 398 g/mol. The van der Waals surface area contributed by atoms with Crippen LogP contribution in [0.1, 0.15) is 41.3 Å². The second-order valence-corrected chi connectivity index (χ2v) is 7.33. The molecular formula is C23H23N3O5. The fourth-order valence-corrected chi connectivity index (χ4v) is 3.02. The summed E-state index contributed by atoms with van der Waals surface area (Å²) in [6.45, 7) is 1.33. The lowest BCUT2D eigenvalue weighted by atomic mass is 10.1. The number of esters is 1. The monoisotopic (exact) mass is 421 g/mol. The summed E-state index contributed by atoms with van der Waals surface area (Å²) in [6.07, 6.45) is 3.30. The Bertz CT molecular complexity index is 1040. The molecule has 0 unspecified atom stereocenters. The van der Waals surface area contributed by atoms with E-state index in [1.165, 1.54) is 4.90 Å². The molecule has 1 fully saturated rings. The molecule has 31 heavy (non-hydrogen) atoms. The van der Waals surface area contributed by atoms with Crippen LogP contribution in [0.4, 0.5) is 0 Å². The van der Waals surface area contributed by atoms with Gasteiger partial charge in [-0.25, -0.2) is 4.79 Å². The first-order valence-electron chi connectivity index (χ1n) is 9.72. The van der Waals surface area contributed by atoms with Crippen LogP contribution in [0.25, 0.3) is 6.08 Å². The number of aliphatic carboxylic acids is 1. The number of nitrogens with one attached hydrogen (secondary N) is 1. The normalized spacial score (nSPS) is 13.4. The smallest absolute Gasteiger partial charge is 0.343 e. The molecule has 1 aliphatic rings. The largest absolute Gasteiger partial charge is 0.480 e. The number of hydrogen-bond acceptors (Lipinski definition) is 5. The van der Waals surface area contributed by atoms with Gasteiger partial charge in [-0.2, -0.15) is 0 Å². The molecule has 8 heteroatoms. The highest BCUT2D eigenvalue weighted by Gasteiger charge is 2.34. The van der Waals surface area contributed by atoms with Crippen LogP contribution in [0.3, 0.4) is 0 Å². The number of benzene rings is 2. The lowest BCUT2D eigenvalue weighted by Crippen LogP contribution is -2.37. The quantitative estimate of drug-likeness (QED) is 0.197. The van der Waals surface area contributed by atoms with Gasteiger partial charge in [-0.1, -0.05) is 12.1 Å². The van der Waals surface area contributed by atoms with Gasteiger partial charge in [0, 0.05) is 17.2 Å². The minimum atomic E-state index is -1.04. The van der Waals surface area contributed by atoms with Crippen molar-refractivity contribution in [3.63, 3.8) is 0 Å². The van der Waals surface area contributed by atoms with E-state index in [0.717, 1.165) is 12.8 Å². The second-order valence-electron chi connectivity index (χ2n) is 7.33. The van der Waals surface area contributed by atoms with E-state index in [4.69, 9.17) is 21.0 Å². The predicted molar refractivity (Wildman–Crippen MR) is 115 cm³/mol. The van der Waals surface area contributed by atoms with Crippen molar-refractivity contribution in [2.75, 3.05) is 6.54 Å². The van der Waals surface area contributed by atoms with Gasteiger partial charge >= 0.3 is 11.9 Å². The Hall–Kier alpha value is -3.94. The Kier molecular flexibility index (Phi) is 6.49. The van der Waals surface area contributed by atoms with E-state index in [1.54, 1.807) is 61.5 Å². The predicted octanol–water partition coefficient (Wildman–Crippen LogP) is 2.67. The number of carbonyl (C=O) groups excluding carboxylic acids is 2. The van der Waals surface area contributed by atoms with Crippen molar-refractivity contribution in [1.82, 2.24) is 4.90 Å². The van der Waals surface area contributed by atoms with E-state index < -0.39 is 11.9 Å². The fourth-order valence-electron chi connectivity index (χ4n) is 3.02. The first kappa shape index (κ1) is 21.8. The highest BCUT2D eigenvalue weighted by molar-refractivity contribution is 5.99. The van der Waals surface area contributed by atoms with Crippen molar-refractivity contribution < 1.29 is 24.2 Å². The zero-order valence-electron chi connectivity index (χ0n) is 17.0. The van der Waals surface area contributed by atoms with Crippen LogP contribution in [-0.2, 0) is 9.59 Å². The van der Waals surface area contributed by atoms with E-state index in [9.17, 15) is 14.4 Å². The van der Waals surface area contributed by atoms with Crippen LogP contribution in [0, 0.1) is 5.41 Å². The van der Waals surface area contributed by atoms with E-state index in [-0.39, 0.29) is 24.3 Å². The molecule has 3 rings (SSSR count). The molecule has 2 aromatic carbocycles. The van der Waals surface area contributed by atoms with E-state index in [0.29, 0.717) is 28.0 Å². The number of amidine groups is 1. The Balaban J connectivity index is 1.65. The molecule has 1 amide bonds. The van der Waals surface area contributed by atoms with Gasteiger partial charge in [0.25, 0.3) is 0 Å². The number of nitrogens with zero attached hydrogens (tertiary/aromatic N) is 1. The van der Waals surface area contributed by atoms with Gasteiger partial charge in [0.15, 0.2) is 0 Å². The maximum Gasteiger partial charge on any atom is 0.343 e. The number of nitrogen functional groups attached to an aromatic ring is 1. The molecule has 0 saturated heterocycles. The molecule has 1 aliphatic carbocycles. The summed E-state index contributed by atoms with van der Waals surface area (Å²) in [5.74, 6) is -1.62. The Morgan fingerprint density at radius 1 is 1.10 bits per heavy atom. The maximum atomic E-state index is 12.6. The third kappa shape index (κ3) is 5.79. The molecule has 0 aromatic heterocycles. The standard InChI is InChI=1S/C23H23N3O5/c1-14(22(29)26(13-20(27)28)18-8-9-18)12-15-2-4-17(5-3-15)23(30)31-19-10-6-16(7-11-19)21(24)25/h2-7,10-12,18H,8-9,13H2,1H3,(H3,24,25)(H,27,28). The number of amides is 1. The van der Waals surface area contributed by atoms with E-state index in [2.05, 4.69) is 0 Å². The van der Waals surface area contributed by atoms with Crippen molar-refractivity contribution >= 4 is 29.8 Å². The minimum absolute atomic E-state index is 0.00592. The van der Waals surface area contributed by atoms with Crippen LogP contribution in [0.2, 0.25) is 0 Å². The van der Waals surface area contributed by atoms with Gasteiger partial charge in [-0.05, 0) is 67.8 Å². The van der Waals surface area contributed by atoms with Crippen LogP contribution >= 0.6 is 0 Å². The van der Waals surface area contributed by atoms with Crippen molar-refractivity contribution in [1.29, 1.82) is 5.41 Å². The molecule has 0 radical (unpaired) electrons. The van der Waals surface area contributed by atoms with Gasteiger partial charge in [0.1, 0.15) is 18.1 Å². The SMILES string of the molecule is CC(=Cc1ccc(C(=O)Oc2ccc(C(=N)N)cc2)cc1)C(=O)N(CC(=O)O)C1CC1. The summed E-state index contributed by atoms with van der Waals surface area (Å²) >= 11 is 0. The average Bonchev–Trinajstić information content (AvgIpc) is 3.57. The Morgan fingerprint density at radius 3 is 2.19 bits per heavy atom. The Morgan fingerprint density at radius 2 is 1.68 bits per heavy atom. The number of carbonyl (C=O) groups is 3.